The molecule has 0 aliphatic heterocycles. The van der Waals surface area contributed by atoms with Gasteiger partial charge in [0.15, 0.2) is 0 Å². The molecule has 0 saturated carbocycles. The second-order valence-corrected chi connectivity index (χ2v) is 32.7. The summed E-state index contributed by atoms with van der Waals surface area (Å²) in [4.78, 5) is 0. The fourth-order valence-electron chi connectivity index (χ4n) is 2.85. The molecule has 2 aliphatic rings. The van der Waals surface area contributed by atoms with Crippen LogP contribution in [0.25, 0.3) is 0 Å². The van der Waals surface area contributed by atoms with Crippen LogP contribution in [0.5, 0.6) is 0 Å². The molecular weight excluding hydrogens is 315 g/mol. The predicted octanol–water partition coefficient (Wildman–Crippen LogP) is 5.84. The number of allylic oxidation sites excluding steroid dienone is 8. The Balaban J connectivity index is 2.63. The number of halogens is 2. The van der Waals surface area contributed by atoms with Crippen molar-refractivity contribution in [1.82, 2.24) is 0 Å². The summed E-state index contributed by atoms with van der Waals surface area (Å²) in [5, 5.41) is 0. The predicted molar refractivity (Wildman–Crippen MR) is 82.5 cm³/mol. The fraction of sp³-hybridized carbons (Fsp3) is 0.429. The maximum absolute atomic E-state index is 7.28. The standard InChI is InChI=1S/2C6H7.C2H6Si.2ClH.Ti/c2*1-6-4-2-3-5-6;1-3-2;;;/h2*2-5H,1H3;1-2H3;2*1H;/q;;;;;+2/p-2. The molecule has 4 heteroatoms. The molecule has 0 heterocycles. The van der Waals surface area contributed by atoms with E-state index in [0.29, 0.717) is 0 Å². The van der Waals surface area contributed by atoms with E-state index in [1.54, 1.807) is 0 Å². The van der Waals surface area contributed by atoms with Gasteiger partial charge < -0.3 is 0 Å². The molecule has 2 unspecified atom stereocenters. The van der Waals surface area contributed by atoms with Crippen LogP contribution in [0.1, 0.15) is 13.8 Å². The summed E-state index contributed by atoms with van der Waals surface area (Å²) in [6.07, 6.45) is 12.6. The first-order valence-electron chi connectivity index (χ1n) is 6.36. The Morgan fingerprint density at radius 1 is 0.944 bits per heavy atom. The summed E-state index contributed by atoms with van der Waals surface area (Å²) in [6, 6.07) is 0. The van der Waals surface area contributed by atoms with Gasteiger partial charge in [0.25, 0.3) is 0 Å². The SMILES string of the molecule is CC1=C[CH]([Ti]([Cl])([Cl])([CH]2C=CC(C)=C2)=[Si](C)C)C=C1. The minimum atomic E-state index is -3.61. The Hall–Kier alpha value is 0.471. The topological polar surface area (TPSA) is 0 Å². The zero-order valence-electron chi connectivity index (χ0n) is 11.4. The van der Waals surface area contributed by atoms with E-state index in [4.69, 9.17) is 18.6 Å². The van der Waals surface area contributed by atoms with Crippen LogP contribution < -0.4 is 0 Å². The van der Waals surface area contributed by atoms with E-state index in [-0.39, 0.29) is 8.45 Å². The Bertz CT molecular complexity index is 529. The van der Waals surface area contributed by atoms with E-state index >= 15 is 0 Å². The second-order valence-electron chi connectivity index (χ2n) is 5.74. The van der Waals surface area contributed by atoms with Crippen molar-refractivity contribution in [3.05, 3.63) is 47.6 Å². The van der Waals surface area contributed by atoms with Gasteiger partial charge in [-0.2, -0.15) is 0 Å². The van der Waals surface area contributed by atoms with E-state index in [1.807, 2.05) is 0 Å². The van der Waals surface area contributed by atoms with Crippen molar-refractivity contribution in [1.29, 1.82) is 0 Å². The normalized spacial score (nSPS) is 27.5. The average Bonchev–Trinajstić information content (AvgIpc) is 2.87. The van der Waals surface area contributed by atoms with E-state index in [2.05, 4.69) is 63.4 Å². The van der Waals surface area contributed by atoms with Crippen molar-refractivity contribution in [3.63, 3.8) is 0 Å². The summed E-state index contributed by atoms with van der Waals surface area (Å²) in [7, 11) is 14.6. The quantitative estimate of drug-likeness (QED) is 0.556. The number of rotatable bonds is 2. The average molecular weight is 335 g/mol. The summed E-state index contributed by atoms with van der Waals surface area (Å²) in [5.74, 6) is 0. The molecule has 2 rings (SSSR count). The summed E-state index contributed by atoms with van der Waals surface area (Å²) in [5.41, 5.74) is 2.59. The minimum absolute atomic E-state index is 0.283. The molecular formula is C14H20Cl2SiTi. The van der Waals surface area contributed by atoms with Gasteiger partial charge in [0.1, 0.15) is 0 Å². The van der Waals surface area contributed by atoms with Gasteiger partial charge >= 0.3 is 120 Å². The summed E-state index contributed by atoms with van der Waals surface area (Å²) < 4.78 is 0.567. The van der Waals surface area contributed by atoms with Gasteiger partial charge in [-0.25, -0.2) is 0 Å². The fourth-order valence-corrected chi connectivity index (χ4v) is 18.0. The van der Waals surface area contributed by atoms with Crippen molar-refractivity contribution in [3.8, 4) is 0 Å². The van der Waals surface area contributed by atoms with Gasteiger partial charge in [-0.3, -0.25) is 0 Å². The Morgan fingerprint density at radius 2 is 1.33 bits per heavy atom. The number of hydrogen-bond donors (Lipinski definition) is 0. The molecule has 0 aromatic heterocycles. The Kier molecular flexibility index (Phi) is 3.95. The van der Waals surface area contributed by atoms with Gasteiger partial charge in [0, 0.05) is 0 Å². The van der Waals surface area contributed by atoms with Crippen molar-refractivity contribution in [2.45, 2.75) is 35.4 Å². The third-order valence-corrected chi connectivity index (χ3v) is 36.2. The molecule has 0 nitrogen and oxygen atoms in total. The monoisotopic (exact) mass is 334 g/mol. The zero-order chi connectivity index (χ0) is 13.6. The molecule has 0 fully saturated rings. The first-order chi connectivity index (χ1) is 8.24. The first kappa shape index (κ1) is 14.9. The van der Waals surface area contributed by atoms with Crippen LogP contribution >= 0.6 is 18.6 Å². The second kappa shape index (κ2) is 4.79. The third kappa shape index (κ3) is 2.19. The summed E-state index contributed by atoms with van der Waals surface area (Å²) >= 11 is -3.61. The van der Waals surface area contributed by atoms with Crippen LogP contribution in [0.2, 0.25) is 21.5 Å². The van der Waals surface area contributed by atoms with E-state index in [0.717, 1.165) is 0 Å². The Labute approximate surface area is 119 Å². The Morgan fingerprint density at radius 3 is 1.56 bits per heavy atom. The van der Waals surface area contributed by atoms with Crippen LogP contribution in [0.15, 0.2) is 47.6 Å². The molecule has 2 atom stereocenters. The van der Waals surface area contributed by atoms with Crippen LogP contribution in [0.3, 0.4) is 0 Å². The molecule has 2 aliphatic carbocycles. The number of hydrogen-bond acceptors (Lipinski definition) is 0. The van der Waals surface area contributed by atoms with E-state index < -0.39 is 18.1 Å². The maximum atomic E-state index is 7.28. The molecule has 0 N–H and O–H groups in total. The van der Waals surface area contributed by atoms with Crippen LogP contribution in [0.4, 0.5) is 0 Å². The van der Waals surface area contributed by atoms with Gasteiger partial charge in [-0.15, -0.1) is 0 Å². The molecule has 0 amide bonds. The molecule has 0 radical (unpaired) electrons. The van der Waals surface area contributed by atoms with Gasteiger partial charge in [0.2, 0.25) is 0 Å². The van der Waals surface area contributed by atoms with Gasteiger partial charge in [-0.1, -0.05) is 0 Å². The van der Waals surface area contributed by atoms with Gasteiger partial charge in [0.05, 0.1) is 0 Å². The van der Waals surface area contributed by atoms with Crippen molar-refractivity contribution in [2.75, 3.05) is 0 Å². The van der Waals surface area contributed by atoms with Gasteiger partial charge in [-0.05, 0) is 0 Å². The van der Waals surface area contributed by atoms with Crippen LogP contribution in [-0.4, -0.2) is 6.19 Å². The summed E-state index contributed by atoms with van der Waals surface area (Å²) in [6.45, 7) is 8.82. The van der Waals surface area contributed by atoms with E-state index in [9.17, 15) is 0 Å². The van der Waals surface area contributed by atoms with Crippen molar-refractivity contribution in [2.24, 2.45) is 0 Å². The molecule has 0 bridgehead atoms. The molecule has 0 spiro atoms. The molecule has 0 saturated heterocycles. The molecule has 0 aromatic carbocycles. The third-order valence-electron chi connectivity index (χ3n) is 4.20. The van der Waals surface area contributed by atoms with E-state index in [1.165, 1.54) is 11.1 Å². The van der Waals surface area contributed by atoms with Crippen LogP contribution in [-0.2, 0) is 11.9 Å². The molecule has 0 aromatic rings. The molecule has 18 heavy (non-hydrogen) atoms. The zero-order valence-corrected chi connectivity index (χ0v) is 15.4. The van der Waals surface area contributed by atoms with Crippen molar-refractivity contribution < 1.29 is 11.9 Å². The first-order valence-corrected chi connectivity index (χ1v) is 17.3. The van der Waals surface area contributed by atoms with Crippen LogP contribution in [0, 0.1) is 0 Å². The molecule has 98 valence electrons. The van der Waals surface area contributed by atoms with Crippen molar-refractivity contribution >= 4 is 24.8 Å².